The molecule has 2 unspecified atom stereocenters. The van der Waals surface area contributed by atoms with Gasteiger partial charge in [0.1, 0.15) is 0 Å². The van der Waals surface area contributed by atoms with Crippen LogP contribution in [0.5, 0.6) is 0 Å². The first-order valence-electron chi connectivity index (χ1n) is 6.79. The van der Waals surface area contributed by atoms with E-state index in [1.54, 1.807) is 0 Å². The van der Waals surface area contributed by atoms with E-state index in [9.17, 15) is 4.79 Å². The molecule has 2 atom stereocenters. The third-order valence-corrected chi connectivity index (χ3v) is 2.74. The zero-order valence-electron chi connectivity index (χ0n) is 11.7. The highest BCUT2D eigenvalue weighted by molar-refractivity contribution is 5.78. The largest absolute Gasteiger partial charge is 0.394 e. The summed E-state index contributed by atoms with van der Waals surface area (Å²) in [6, 6.07) is 0.212. The molecule has 0 aliphatic rings. The molecule has 0 aromatic heterocycles. The summed E-state index contributed by atoms with van der Waals surface area (Å²) >= 11 is 0. The topological polar surface area (TPSA) is 84.6 Å². The fraction of sp³-hybridized carbons (Fsp3) is 0.923. The summed E-state index contributed by atoms with van der Waals surface area (Å²) < 4.78 is 5.10. The SMILES string of the molecule is CC(N)CCCC(C)C(=O)NCCCOCCO. The Bertz CT molecular complexity index is 210. The lowest BCUT2D eigenvalue weighted by Gasteiger charge is -2.12. The lowest BCUT2D eigenvalue weighted by atomic mass is 10.0. The first kappa shape index (κ1) is 17.4. The smallest absolute Gasteiger partial charge is 0.222 e. The van der Waals surface area contributed by atoms with Gasteiger partial charge in [0.15, 0.2) is 0 Å². The second-order valence-electron chi connectivity index (χ2n) is 4.79. The molecule has 0 saturated heterocycles. The summed E-state index contributed by atoms with van der Waals surface area (Å²) in [4.78, 5) is 11.7. The van der Waals surface area contributed by atoms with Crippen molar-refractivity contribution in [2.45, 2.75) is 45.6 Å². The maximum absolute atomic E-state index is 11.7. The second kappa shape index (κ2) is 11.4. The van der Waals surface area contributed by atoms with E-state index in [2.05, 4.69) is 5.32 Å². The van der Waals surface area contributed by atoms with E-state index in [0.29, 0.717) is 19.8 Å². The van der Waals surface area contributed by atoms with Gasteiger partial charge >= 0.3 is 0 Å². The highest BCUT2D eigenvalue weighted by Crippen LogP contribution is 2.08. The molecular weight excluding hydrogens is 232 g/mol. The number of hydrogen-bond donors (Lipinski definition) is 3. The molecule has 18 heavy (non-hydrogen) atoms. The molecule has 0 heterocycles. The Morgan fingerprint density at radius 3 is 2.61 bits per heavy atom. The van der Waals surface area contributed by atoms with Crippen molar-refractivity contribution in [3.8, 4) is 0 Å². The second-order valence-corrected chi connectivity index (χ2v) is 4.79. The van der Waals surface area contributed by atoms with E-state index in [-0.39, 0.29) is 24.5 Å². The average Bonchev–Trinajstić information content (AvgIpc) is 2.32. The molecule has 4 N–H and O–H groups in total. The van der Waals surface area contributed by atoms with Gasteiger partial charge in [-0.05, 0) is 26.2 Å². The quantitative estimate of drug-likeness (QED) is 0.476. The van der Waals surface area contributed by atoms with Crippen molar-refractivity contribution < 1.29 is 14.6 Å². The van der Waals surface area contributed by atoms with Crippen molar-refractivity contribution in [2.75, 3.05) is 26.4 Å². The molecule has 108 valence electrons. The van der Waals surface area contributed by atoms with Gasteiger partial charge in [0, 0.05) is 25.1 Å². The first-order chi connectivity index (χ1) is 8.57. The number of ether oxygens (including phenoxy) is 1. The number of nitrogens with one attached hydrogen (secondary N) is 1. The van der Waals surface area contributed by atoms with Crippen molar-refractivity contribution in [3.05, 3.63) is 0 Å². The van der Waals surface area contributed by atoms with Gasteiger partial charge in [-0.25, -0.2) is 0 Å². The first-order valence-corrected chi connectivity index (χ1v) is 6.79. The molecule has 1 amide bonds. The summed E-state index contributed by atoms with van der Waals surface area (Å²) in [6.45, 7) is 5.53. The van der Waals surface area contributed by atoms with Crippen molar-refractivity contribution >= 4 is 5.91 Å². The Morgan fingerprint density at radius 1 is 1.28 bits per heavy atom. The molecule has 0 spiro atoms. The number of aliphatic hydroxyl groups excluding tert-OH is 1. The van der Waals surface area contributed by atoms with E-state index in [0.717, 1.165) is 25.7 Å². The lowest BCUT2D eigenvalue weighted by Crippen LogP contribution is -2.30. The van der Waals surface area contributed by atoms with Crippen LogP contribution in [0.3, 0.4) is 0 Å². The molecule has 0 rings (SSSR count). The number of hydrogen-bond acceptors (Lipinski definition) is 4. The van der Waals surface area contributed by atoms with Crippen LogP contribution >= 0.6 is 0 Å². The van der Waals surface area contributed by atoms with E-state index in [1.165, 1.54) is 0 Å². The fourth-order valence-corrected chi connectivity index (χ4v) is 1.60. The Balaban J connectivity index is 3.44. The molecule has 0 aromatic rings. The Kier molecular flexibility index (Phi) is 11.0. The Morgan fingerprint density at radius 2 is 2.00 bits per heavy atom. The van der Waals surface area contributed by atoms with E-state index >= 15 is 0 Å². The summed E-state index contributed by atoms with van der Waals surface area (Å²) in [5, 5.41) is 11.4. The van der Waals surface area contributed by atoms with Gasteiger partial charge in [-0.15, -0.1) is 0 Å². The van der Waals surface area contributed by atoms with Gasteiger partial charge < -0.3 is 20.9 Å². The zero-order valence-corrected chi connectivity index (χ0v) is 11.7. The van der Waals surface area contributed by atoms with Crippen LogP contribution in [0.1, 0.15) is 39.5 Å². The van der Waals surface area contributed by atoms with Crippen LogP contribution in [-0.4, -0.2) is 43.4 Å². The van der Waals surface area contributed by atoms with E-state index < -0.39 is 0 Å². The van der Waals surface area contributed by atoms with Crippen LogP contribution in [0.25, 0.3) is 0 Å². The normalized spacial score (nSPS) is 14.2. The van der Waals surface area contributed by atoms with Crippen molar-refractivity contribution in [3.63, 3.8) is 0 Å². The minimum atomic E-state index is 0.0436. The van der Waals surface area contributed by atoms with Gasteiger partial charge in [-0.3, -0.25) is 4.79 Å². The van der Waals surface area contributed by atoms with Gasteiger partial charge in [0.2, 0.25) is 5.91 Å². The summed E-state index contributed by atoms with van der Waals surface area (Å²) in [7, 11) is 0. The zero-order chi connectivity index (χ0) is 13.8. The third kappa shape index (κ3) is 10.5. The monoisotopic (exact) mass is 260 g/mol. The van der Waals surface area contributed by atoms with E-state index in [1.807, 2.05) is 13.8 Å². The maximum atomic E-state index is 11.7. The van der Waals surface area contributed by atoms with Crippen LogP contribution in [0.2, 0.25) is 0 Å². The summed E-state index contributed by atoms with van der Waals surface area (Å²) in [5.41, 5.74) is 5.66. The van der Waals surface area contributed by atoms with Gasteiger partial charge in [-0.1, -0.05) is 13.3 Å². The summed E-state index contributed by atoms with van der Waals surface area (Å²) in [5.74, 6) is 0.143. The minimum Gasteiger partial charge on any atom is -0.394 e. The molecule has 0 aliphatic heterocycles. The number of aliphatic hydroxyl groups is 1. The number of rotatable bonds is 11. The average molecular weight is 260 g/mol. The van der Waals surface area contributed by atoms with E-state index in [4.69, 9.17) is 15.6 Å². The Hall–Kier alpha value is -0.650. The highest BCUT2D eigenvalue weighted by Gasteiger charge is 2.11. The Labute approximate surface area is 110 Å². The molecule has 0 radical (unpaired) electrons. The van der Waals surface area contributed by atoms with Gasteiger partial charge in [0.05, 0.1) is 13.2 Å². The van der Waals surface area contributed by atoms with Crippen molar-refractivity contribution in [2.24, 2.45) is 11.7 Å². The van der Waals surface area contributed by atoms with Crippen molar-refractivity contribution in [1.82, 2.24) is 5.32 Å². The van der Waals surface area contributed by atoms with Crippen LogP contribution in [-0.2, 0) is 9.53 Å². The molecule has 5 nitrogen and oxygen atoms in total. The predicted molar refractivity (Wildman–Crippen MR) is 72.2 cm³/mol. The van der Waals surface area contributed by atoms with Crippen LogP contribution in [0.15, 0.2) is 0 Å². The molecule has 5 heteroatoms. The lowest BCUT2D eigenvalue weighted by molar-refractivity contribution is -0.124. The predicted octanol–water partition coefficient (Wildman–Crippen LogP) is 0.655. The molecule has 0 bridgehead atoms. The van der Waals surface area contributed by atoms with Crippen molar-refractivity contribution in [1.29, 1.82) is 0 Å². The molecule has 0 fully saturated rings. The van der Waals surface area contributed by atoms with Gasteiger partial charge in [0.25, 0.3) is 0 Å². The number of nitrogens with two attached hydrogens (primary N) is 1. The standard InChI is InChI=1S/C13H28N2O3/c1-11(5-3-6-12(2)14)13(17)15-7-4-9-18-10-8-16/h11-12,16H,3-10,14H2,1-2H3,(H,15,17). The van der Waals surface area contributed by atoms with Crippen LogP contribution in [0.4, 0.5) is 0 Å². The highest BCUT2D eigenvalue weighted by atomic mass is 16.5. The minimum absolute atomic E-state index is 0.0436. The summed E-state index contributed by atoms with van der Waals surface area (Å²) in [6.07, 6.45) is 3.62. The molecular formula is C13H28N2O3. The number of carbonyl (C=O) groups is 1. The number of amides is 1. The molecule has 0 saturated carbocycles. The van der Waals surface area contributed by atoms with Crippen LogP contribution < -0.4 is 11.1 Å². The maximum Gasteiger partial charge on any atom is 0.222 e. The fourth-order valence-electron chi connectivity index (χ4n) is 1.60. The number of carbonyl (C=O) groups excluding carboxylic acids is 1. The van der Waals surface area contributed by atoms with Gasteiger partial charge in [-0.2, -0.15) is 0 Å². The molecule has 0 aromatic carbocycles. The molecule has 0 aliphatic carbocycles. The van der Waals surface area contributed by atoms with Crippen LogP contribution in [0, 0.1) is 5.92 Å². The third-order valence-electron chi connectivity index (χ3n) is 2.74.